The number of hydrogen-bond acceptors (Lipinski definition) is 15. The number of thioether (sulfide) groups is 1. The number of sulfone groups is 1. The number of nitrogens with one attached hydrogen (secondary N) is 3. The summed E-state index contributed by atoms with van der Waals surface area (Å²) in [5.41, 5.74) is -1.53. The van der Waals surface area contributed by atoms with Gasteiger partial charge in [0.25, 0.3) is 37.6 Å². The quantitative estimate of drug-likeness (QED) is 0.0401. The summed E-state index contributed by atoms with van der Waals surface area (Å²) in [5, 5.41) is 5.83. The number of sulfonamides is 1. The van der Waals surface area contributed by atoms with Gasteiger partial charge in [0.2, 0.25) is 11.8 Å². The van der Waals surface area contributed by atoms with Crippen molar-refractivity contribution in [2.75, 3.05) is 68.3 Å². The zero-order valence-electron chi connectivity index (χ0n) is 47.7. The predicted molar refractivity (Wildman–Crippen MR) is 322 cm³/mol. The molecule has 0 saturated carbocycles. The lowest BCUT2D eigenvalue weighted by Gasteiger charge is -2.56. The molecule has 6 heterocycles. The first-order valence-corrected chi connectivity index (χ1v) is 33.2. The Hall–Kier alpha value is -6.67. The Morgan fingerprint density at radius 2 is 1.53 bits per heavy atom. The van der Waals surface area contributed by atoms with E-state index in [2.05, 4.69) is 56.2 Å². The summed E-state index contributed by atoms with van der Waals surface area (Å²) in [5.74, 6) is -4.83. The Morgan fingerprint density at radius 3 is 2.21 bits per heavy atom. The van der Waals surface area contributed by atoms with Crippen molar-refractivity contribution in [1.29, 1.82) is 0 Å². The summed E-state index contributed by atoms with van der Waals surface area (Å²) in [6, 6.07) is 26.5. The van der Waals surface area contributed by atoms with Crippen molar-refractivity contribution in [3.63, 3.8) is 0 Å². The number of carbonyl (C=O) groups excluding carboxylic acids is 5. The van der Waals surface area contributed by atoms with Gasteiger partial charge in [0.1, 0.15) is 16.8 Å². The summed E-state index contributed by atoms with van der Waals surface area (Å²) in [6.45, 7) is 10.2. The molecule has 5 aromatic rings. The van der Waals surface area contributed by atoms with E-state index in [1.807, 2.05) is 47.2 Å². The van der Waals surface area contributed by atoms with Crippen LogP contribution in [-0.2, 0) is 36.0 Å². The second-order valence-corrected chi connectivity index (χ2v) is 29.1. The van der Waals surface area contributed by atoms with Crippen molar-refractivity contribution in [3.05, 3.63) is 153 Å². The topological polar surface area (TPSA) is 206 Å². The molecule has 460 valence electrons. The molecule has 5 saturated heterocycles. The molecule has 0 radical (unpaired) electrons. The molecule has 1 aliphatic carbocycles. The number of alkyl halides is 3. The number of allylic oxidation sites excluding steroid dienone is 1. The molecule has 4 atom stereocenters. The first-order chi connectivity index (χ1) is 41.3. The van der Waals surface area contributed by atoms with Gasteiger partial charge < -0.3 is 15.1 Å². The van der Waals surface area contributed by atoms with E-state index in [-0.39, 0.29) is 53.8 Å². The second-order valence-electron chi connectivity index (χ2n) is 24.0. The van der Waals surface area contributed by atoms with Crippen LogP contribution in [0.2, 0.25) is 5.02 Å². The number of imide groups is 2. The zero-order chi connectivity index (χ0) is 61.7. The van der Waals surface area contributed by atoms with E-state index < -0.39 is 93.8 Å². The summed E-state index contributed by atoms with van der Waals surface area (Å²) >= 11 is 7.59. The Labute approximate surface area is 511 Å². The molecule has 0 spiro atoms. The molecule has 7 aliphatic rings. The van der Waals surface area contributed by atoms with Crippen LogP contribution in [0.25, 0.3) is 5.57 Å². The van der Waals surface area contributed by atoms with E-state index in [0.717, 1.165) is 68.0 Å². The third-order valence-electron chi connectivity index (χ3n) is 17.4. The van der Waals surface area contributed by atoms with Crippen LogP contribution in [-0.4, -0.2) is 154 Å². The molecule has 2 bridgehead atoms. The number of nitrogens with zero attached hydrogens (tertiary/aromatic N) is 5. The minimum Gasteiger partial charge on any atom is -0.380 e. The minimum atomic E-state index is -6.19. The SMILES string of the molecule is CC1(C)CCC(c2ccc(Cl)cc2)=C(CN2CCN(c3ccc(C(=O)NS(=O)(=O)c4ccc(NC(CCN5CC6CC(C5)N6Cc5cc(F)c6c(c5)C(=O)N(C5CCC(=O)NC5=O)C6=O)CSc5ccccc5)c(S(=O)(=O)C(F)(F)F)c4)cc3)CC2)C1. The van der Waals surface area contributed by atoms with Crippen LogP contribution in [0.1, 0.15) is 101 Å². The Morgan fingerprint density at radius 1 is 0.828 bits per heavy atom. The van der Waals surface area contributed by atoms with E-state index in [9.17, 15) is 54.0 Å². The van der Waals surface area contributed by atoms with Crippen LogP contribution in [0, 0.1) is 11.2 Å². The molecule has 12 rings (SSSR count). The normalized spacial score (nSPS) is 21.6. The maximum atomic E-state index is 15.7. The average Bonchev–Trinajstić information content (AvgIpc) is 1.76. The number of carbonyl (C=O) groups is 5. The van der Waals surface area contributed by atoms with Crippen LogP contribution in [0.3, 0.4) is 0 Å². The third kappa shape index (κ3) is 13.4. The van der Waals surface area contributed by atoms with Crippen LogP contribution < -0.4 is 20.3 Å². The van der Waals surface area contributed by atoms with Crippen LogP contribution in [0.4, 0.5) is 28.9 Å². The van der Waals surface area contributed by atoms with E-state index in [4.69, 9.17) is 11.6 Å². The first kappa shape index (κ1) is 62.0. The number of fused-ring (bicyclic) bond motifs is 3. The van der Waals surface area contributed by atoms with Crippen LogP contribution in [0.15, 0.2) is 129 Å². The highest BCUT2D eigenvalue weighted by Crippen LogP contribution is 2.44. The summed E-state index contributed by atoms with van der Waals surface area (Å²) < 4.78 is 116. The molecule has 87 heavy (non-hydrogen) atoms. The lowest BCUT2D eigenvalue weighted by molar-refractivity contribution is -0.136. The van der Waals surface area contributed by atoms with Crippen molar-refractivity contribution in [1.82, 2.24) is 29.6 Å². The molecular formula is C62H65ClF4N8O9S3. The van der Waals surface area contributed by atoms with Gasteiger partial charge in [-0.1, -0.05) is 61.4 Å². The van der Waals surface area contributed by atoms with E-state index in [1.54, 1.807) is 12.1 Å². The highest BCUT2D eigenvalue weighted by molar-refractivity contribution is 7.99. The Kier molecular flexibility index (Phi) is 17.6. The predicted octanol–water partition coefficient (Wildman–Crippen LogP) is 9.00. The van der Waals surface area contributed by atoms with Gasteiger partial charge >= 0.3 is 5.51 Å². The minimum absolute atomic E-state index is 0.00787. The lowest BCUT2D eigenvalue weighted by Crippen LogP contribution is -2.68. The number of piperidine rings is 2. The largest absolute Gasteiger partial charge is 0.501 e. The van der Waals surface area contributed by atoms with Crippen molar-refractivity contribution in [3.8, 4) is 0 Å². The van der Waals surface area contributed by atoms with Crippen molar-refractivity contribution in [2.24, 2.45) is 5.41 Å². The fourth-order valence-electron chi connectivity index (χ4n) is 12.8. The van der Waals surface area contributed by atoms with Gasteiger partial charge in [-0.3, -0.25) is 44.0 Å². The molecule has 25 heteroatoms. The van der Waals surface area contributed by atoms with Crippen molar-refractivity contribution >= 4 is 89.7 Å². The Balaban J connectivity index is 0.733. The number of halogens is 5. The maximum Gasteiger partial charge on any atom is 0.501 e. The molecule has 5 fully saturated rings. The summed E-state index contributed by atoms with van der Waals surface area (Å²) in [7, 11) is -11.1. The number of benzene rings is 5. The van der Waals surface area contributed by atoms with Gasteiger partial charge in [-0.15, -0.1) is 11.8 Å². The first-order valence-electron chi connectivity index (χ1n) is 28.8. The van der Waals surface area contributed by atoms with Crippen molar-refractivity contribution in [2.45, 2.75) is 110 Å². The number of anilines is 2. The van der Waals surface area contributed by atoms with Crippen LogP contribution in [0.5, 0.6) is 0 Å². The lowest BCUT2D eigenvalue weighted by atomic mass is 9.73. The van der Waals surface area contributed by atoms with E-state index in [1.165, 1.54) is 52.7 Å². The number of amides is 5. The molecule has 17 nitrogen and oxygen atoms in total. The van der Waals surface area contributed by atoms with E-state index in [0.29, 0.717) is 60.7 Å². The van der Waals surface area contributed by atoms with Crippen LogP contribution >= 0.6 is 23.4 Å². The smallest absolute Gasteiger partial charge is 0.380 e. The fraction of sp³-hybridized carbons (Fsp3) is 0.403. The highest BCUT2D eigenvalue weighted by atomic mass is 35.5. The van der Waals surface area contributed by atoms with Gasteiger partial charge in [0, 0.05) is 110 Å². The number of rotatable bonds is 19. The zero-order valence-corrected chi connectivity index (χ0v) is 51.0. The van der Waals surface area contributed by atoms with Gasteiger partial charge in [-0.05, 0) is 140 Å². The third-order valence-corrected chi connectivity index (χ3v) is 21.7. The number of piperazine rings is 2. The average molecular weight is 1270 g/mol. The molecular weight excluding hydrogens is 1210 g/mol. The summed E-state index contributed by atoms with van der Waals surface area (Å²) in [6.07, 6.45) is 4.03. The van der Waals surface area contributed by atoms with Gasteiger partial charge in [-0.2, -0.15) is 13.2 Å². The Bertz CT molecular complexity index is 3780. The molecule has 5 aromatic carbocycles. The number of hydrogen-bond donors (Lipinski definition) is 3. The molecule has 5 amide bonds. The monoisotopic (exact) mass is 1270 g/mol. The second kappa shape index (κ2) is 24.7. The van der Waals surface area contributed by atoms with E-state index >= 15 is 4.39 Å². The standard InChI is InChI=1S/C62H65ClF4N8O9S3/c1-61(2)22-20-49(39-8-12-42(63)13-9-39)41(32-61)34-71-24-26-73(27-25-71)44-14-10-40(11-15-44)57(77)70-87(83,84)48-16-17-52(54(31-48)86(81,82)62(65,66)67)68-43(37-85-47-6-4-3-5-7-47)21-23-72-35-45-30-46(36-72)74(45)33-38-28-50-56(51(64)29-38)60(80)75(59(50)79)53-18-19-55(76)69-58(53)78/h3-17,28-29,31,43,45-46,53,68H,18-27,30,32-37H2,1-2H3,(H,70,77)(H,69,76,78). The summed E-state index contributed by atoms with van der Waals surface area (Å²) in [4.78, 5) is 72.9. The fourth-order valence-corrected chi connectivity index (χ4v) is 15.9. The molecule has 6 aliphatic heterocycles. The maximum absolute atomic E-state index is 15.7. The van der Waals surface area contributed by atoms with Gasteiger partial charge in [0.05, 0.1) is 21.7 Å². The molecule has 3 N–H and O–H groups in total. The van der Waals surface area contributed by atoms with Gasteiger partial charge in [-0.25, -0.2) is 25.9 Å². The van der Waals surface area contributed by atoms with Crippen molar-refractivity contribution < 1.29 is 58.4 Å². The molecule has 0 aromatic heterocycles. The highest BCUT2D eigenvalue weighted by Gasteiger charge is 2.50. The molecule has 4 unspecified atom stereocenters. The van der Waals surface area contributed by atoms with Gasteiger partial charge in [0.15, 0.2) is 0 Å².